The molecule has 1 aliphatic rings. The summed E-state index contributed by atoms with van der Waals surface area (Å²) in [5.74, 6) is -0.289. The first-order chi connectivity index (χ1) is 11.5. The molecule has 3 rings (SSSR count). The molecule has 126 valence electrons. The Hall–Kier alpha value is -2.60. The number of anilines is 2. The monoisotopic (exact) mass is 327 g/mol. The molecule has 6 heteroatoms. The van der Waals surface area contributed by atoms with E-state index in [0.717, 1.165) is 24.5 Å². The number of ether oxygens (including phenoxy) is 1. The zero-order chi connectivity index (χ0) is 17.1. The number of morpholine rings is 1. The number of hydrogen-bond donors (Lipinski definition) is 1. The molecule has 0 spiro atoms. The van der Waals surface area contributed by atoms with Crippen LogP contribution in [0.1, 0.15) is 27.8 Å². The van der Waals surface area contributed by atoms with Gasteiger partial charge in [-0.2, -0.15) is 0 Å². The number of ketones is 1. The van der Waals surface area contributed by atoms with Gasteiger partial charge in [0.1, 0.15) is 5.69 Å². The highest BCUT2D eigenvalue weighted by Gasteiger charge is 2.15. The van der Waals surface area contributed by atoms with Crippen LogP contribution < -0.4 is 10.2 Å². The predicted molar refractivity (Wildman–Crippen MR) is 92.8 cm³/mol. The van der Waals surface area contributed by atoms with Crippen molar-refractivity contribution in [2.45, 2.75) is 6.92 Å². The van der Waals surface area contributed by atoms with Crippen LogP contribution in [0.4, 0.5) is 11.4 Å². The molecule has 6 nitrogen and oxygen atoms in total. The van der Waals surface area contributed by atoms with Crippen LogP contribution in [0.3, 0.4) is 0 Å². The highest BCUT2D eigenvalue weighted by molar-refractivity contribution is 6.05. The summed E-state index contributed by atoms with van der Waals surface area (Å²) >= 11 is 0. The molecule has 1 N–H and O–H groups in total. The molecule has 0 atom stereocenters. The van der Waals surface area contributed by atoms with Gasteiger partial charge in [0.2, 0.25) is 0 Å². The summed E-state index contributed by atoms with van der Waals surface area (Å²) < 4.78 is 7.03. The van der Waals surface area contributed by atoms with Crippen LogP contribution >= 0.6 is 0 Å². The van der Waals surface area contributed by atoms with E-state index in [-0.39, 0.29) is 11.7 Å². The number of hydrogen-bond acceptors (Lipinski definition) is 4. The standard InChI is InChI=1S/C18H21N3O3/c1-13(22)14-10-17(20(2)12-14)18(23)19-15-4-3-5-16(11-15)21-6-8-24-9-7-21/h3-5,10-12H,6-9H2,1-2H3,(H,19,23). The van der Waals surface area contributed by atoms with Crippen molar-refractivity contribution in [1.82, 2.24) is 4.57 Å². The Bertz CT molecular complexity index is 761. The summed E-state index contributed by atoms with van der Waals surface area (Å²) in [4.78, 5) is 26.2. The molecule has 1 saturated heterocycles. The number of carbonyl (C=O) groups excluding carboxylic acids is 2. The lowest BCUT2D eigenvalue weighted by Crippen LogP contribution is -2.36. The Balaban J connectivity index is 1.76. The fourth-order valence-electron chi connectivity index (χ4n) is 2.78. The quantitative estimate of drug-likeness (QED) is 0.876. The Labute approximate surface area is 141 Å². The minimum Gasteiger partial charge on any atom is -0.378 e. The molecule has 2 heterocycles. The molecule has 24 heavy (non-hydrogen) atoms. The summed E-state index contributed by atoms with van der Waals surface area (Å²) in [6, 6.07) is 9.38. The summed E-state index contributed by atoms with van der Waals surface area (Å²) in [6.45, 7) is 4.61. The lowest BCUT2D eigenvalue weighted by Gasteiger charge is -2.29. The van der Waals surface area contributed by atoms with Gasteiger partial charge in [-0.15, -0.1) is 0 Å². The molecular weight excluding hydrogens is 306 g/mol. The summed E-state index contributed by atoms with van der Waals surface area (Å²) in [5, 5.41) is 2.90. The average molecular weight is 327 g/mol. The number of benzene rings is 1. The molecule has 0 radical (unpaired) electrons. The van der Waals surface area contributed by atoms with Gasteiger partial charge in [-0.05, 0) is 31.2 Å². The molecule has 1 aromatic heterocycles. The fraction of sp³-hybridized carbons (Fsp3) is 0.333. The van der Waals surface area contributed by atoms with E-state index in [1.807, 2.05) is 24.3 Å². The summed E-state index contributed by atoms with van der Waals surface area (Å²) in [7, 11) is 1.76. The van der Waals surface area contributed by atoms with E-state index in [1.54, 1.807) is 23.9 Å². The third kappa shape index (κ3) is 3.49. The topological polar surface area (TPSA) is 63.6 Å². The molecule has 0 saturated carbocycles. The van der Waals surface area contributed by atoms with Crippen LogP contribution in [0.25, 0.3) is 0 Å². The first-order valence-electron chi connectivity index (χ1n) is 7.96. The van der Waals surface area contributed by atoms with Crippen molar-refractivity contribution in [2.24, 2.45) is 7.05 Å². The minimum absolute atomic E-state index is 0.0565. The molecule has 1 aromatic carbocycles. The number of aromatic nitrogens is 1. The molecule has 0 unspecified atom stereocenters. The second-order valence-corrected chi connectivity index (χ2v) is 5.88. The highest BCUT2D eigenvalue weighted by atomic mass is 16.5. The van der Waals surface area contributed by atoms with Crippen LogP contribution in [-0.2, 0) is 11.8 Å². The van der Waals surface area contributed by atoms with E-state index < -0.39 is 0 Å². The zero-order valence-electron chi connectivity index (χ0n) is 13.9. The number of aryl methyl sites for hydroxylation is 1. The maximum Gasteiger partial charge on any atom is 0.272 e. The normalized spacial score (nSPS) is 14.5. The number of nitrogens with zero attached hydrogens (tertiary/aromatic N) is 2. The van der Waals surface area contributed by atoms with Crippen molar-refractivity contribution < 1.29 is 14.3 Å². The first-order valence-corrected chi connectivity index (χ1v) is 7.96. The number of carbonyl (C=O) groups is 2. The lowest BCUT2D eigenvalue weighted by atomic mass is 10.2. The second-order valence-electron chi connectivity index (χ2n) is 5.88. The highest BCUT2D eigenvalue weighted by Crippen LogP contribution is 2.21. The van der Waals surface area contributed by atoms with Crippen LogP contribution in [0.2, 0.25) is 0 Å². The van der Waals surface area contributed by atoms with E-state index >= 15 is 0 Å². The van der Waals surface area contributed by atoms with E-state index in [2.05, 4.69) is 10.2 Å². The van der Waals surface area contributed by atoms with Gasteiger partial charge in [-0.3, -0.25) is 9.59 Å². The predicted octanol–water partition coefficient (Wildman–Crippen LogP) is 2.32. The van der Waals surface area contributed by atoms with Crippen LogP contribution in [-0.4, -0.2) is 42.6 Å². The Kier molecular flexibility index (Phi) is 4.66. The SMILES string of the molecule is CC(=O)c1cc(C(=O)Nc2cccc(N3CCOCC3)c2)n(C)c1. The van der Waals surface area contributed by atoms with Crippen molar-refractivity contribution in [1.29, 1.82) is 0 Å². The maximum atomic E-state index is 12.5. The van der Waals surface area contributed by atoms with Crippen molar-refractivity contribution in [3.8, 4) is 0 Å². The molecule has 0 bridgehead atoms. The van der Waals surface area contributed by atoms with Crippen LogP contribution in [0.5, 0.6) is 0 Å². The van der Waals surface area contributed by atoms with Crippen molar-refractivity contribution in [3.63, 3.8) is 0 Å². The van der Waals surface area contributed by atoms with Crippen LogP contribution in [0, 0.1) is 0 Å². The maximum absolute atomic E-state index is 12.5. The van der Waals surface area contributed by atoms with Crippen molar-refractivity contribution in [2.75, 3.05) is 36.5 Å². The fourth-order valence-corrected chi connectivity index (χ4v) is 2.78. The Morgan fingerprint density at radius 2 is 1.92 bits per heavy atom. The van der Waals surface area contributed by atoms with Gasteiger partial charge in [0, 0.05) is 43.3 Å². The summed E-state index contributed by atoms with van der Waals surface area (Å²) in [6.07, 6.45) is 1.67. The molecule has 0 aliphatic carbocycles. The van der Waals surface area contributed by atoms with Gasteiger partial charge < -0.3 is 19.5 Å². The van der Waals surface area contributed by atoms with Gasteiger partial charge >= 0.3 is 0 Å². The Morgan fingerprint density at radius 1 is 1.17 bits per heavy atom. The first kappa shape index (κ1) is 16.3. The third-order valence-corrected chi connectivity index (χ3v) is 4.12. The lowest BCUT2D eigenvalue weighted by molar-refractivity contribution is 0.101. The molecule has 1 fully saturated rings. The van der Waals surface area contributed by atoms with E-state index in [4.69, 9.17) is 4.74 Å². The smallest absolute Gasteiger partial charge is 0.272 e. The third-order valence-electron chi connectivity index (χ3n) is 4.12. The van der Waals surface area contributed by atoms with Crippen molar-refractivity contribution in [3.05, 3.63) is 47.8 Å². The molecule has 1 aliphatic heterocycles. The van der Waals surface area contributed by atoms with Gasteiger partial charge in [-0.1, -0.05) is 6.07 Å². The van der Waals surface area contributed by atoms with E-state index in [0.29, 0.717) is 24.5 Å². The van der Waals surface area contributed by atoms with Gasteiger partial charge in [-0.25, -0.2) is 0 Å². The largest absolute Gasteiger partial charge is 0.378 e. The van der Waals surface area contributed by atoms with Crippen LogP contribution in [0.15, 0.2) is 36.5 Å². The molecule has 2 aromatic rings. The van der Waals surface area contributed by atoms with E-state index in [9.17, 15) is 9.59 Å². The Morgan fingerprint density at radius 3 is 2.58 bits per heavy atom. The zero-order valence-corrected chi connectivity index (χ0v) is 13.9. The second kappa shape index (κ2) is 6.88. The number of rotatable bonds is 4. The average Bonchev–Trinajstić information content (AvgIpc) is 2.98. The number of amides is 1. The van der Waals surface area contributed by atoms with Crippen molar-refractivity contribution >= 4 is 23.1 Å². The number of nitrogens with one attached hydrogen (secondary N) is 1. The van der Waals surface area contributed by atoms with Gasteiger partial charge in [0.05, 0.1) is 13.2 Å². The van der Waals surface area contributed by atoms with Gasteiger partial charge in [0.15, 0.2) is 5.78 Å². The summed E-state index contributed by atoms with van der Waals surface area (Å²) in [5.41, 5.74) is 2.78. The molecule has 1 amide bonds. The minimum atomic E-state index is -0.232. The van der Waals surface area contributed by atoms with E-state index in [1.165, 1.54) is 6.92 Å². The van der Waals surface area contributed by atoms with Gasteiger partial charge in [0.25, 0.3) is 5.91 Å². The number of Topliss-reactive ketones (excluding diaryl/α,β-unsaturated/α-hetero) is 1. The molecular formula is C18H21N3O3.